The van der Waals surface area contributed by atoms with Crippen molar-refractivity contribution in [2.45, 2.75) is 83.5 Å². The maximum atomic E-state index is 17.6. The number of pyridine rings is 1. The van der Waals surface area contributed by atoms with E-state index in [1.54, 1.807) is 18.2 Å². The molecule has 4 fully saturated rings. The third-order valence-corrected chi connectivity index (χ3v) is 12.0. The van der Waals surface area contributed by atoms with E-state index in [9.17, 15) is 4.79 Å². The lowest BCUT2D eigenvalue weighted by Crippen LogP contribution is -2.63. The molecule has 6 heterocycles. The van der Waals surface area contributed by atoms with Crippen LogP contribution in [0.1, 0.15) is 58.9 Å². The largest absolute Gasteiger partial charge is 0.475 e. The number of ether oxygens (including phenoxy) is 6. The third kappa shape index (κ3) is 7.05. The highest BCUT2D eigenvalue weighted by atomic mass is 19.1. The average Bonchev–Trinajstić information content (AvgIpc) is 3.90. The van der Waals surface area contributed by atoms with Crippen LogP contribution in [-0.4, -0.2) is 121 Å². The first-order valence-corrected chi connectivity index (χ1v) is 20.1. The number of methoxy groups -OCH3 is 1. The third-order valence-electron chi connectivity index (χ3n) is 12.0. The predicted molar refractivity (Wildman–Crippen MR) is 208 cm³/mol. The number of halogens is 2. The summed E-state index contributed by atoms with van der Waals surface area (Å²) in [5.74, 6) is -0.120. The van der Waals surface area contributed by atoms with Gasteiger partial charge >= 0.3 is 12.1 Å². The number of aromatic nitrogens is 3. The van der Waals surface area contributed by atoms with E-state index in [4.69, 9.17) is 43.4 Å². The van der Waals surface area contributed by atoms with Crippen LogP contribution in [-0.2, 0) is 20.6 Å². The zero-order valence-electron chi connectivity index (χ0n) is 33.2. The highest BCUT2D eigenvalue weighted by Crippen LogP contribution is 2.49. The number of aryl methyl sites for hydroxylation is 1. The molecule has 4 aromatic rings. The lowest BCUT2D eigenvalue weighted by atomic mass is 9.94. The highest BCUT2D eigenvalue weighted by Gasteiger charge is 2.52. The van der Waals surface area contributed by atoms with Crippen molar-refractivity contribution in [2.75, 3.05) is 71.4 Å². The van der Waals surface area contributed by atoms with E-state index in [2.05, 4.69) is 9.80 Å². The van der Waals surface area contributed by atoms with Crippen molar-refractivity contribution in [3.05, 3.63) is 41.5 Å². The van der Waals surface area contributed by atoms with E-state index in [1.807, 2.05) is 32.6 Å². The molecule has 1 saturated carbocycles. The Kier molecular flexibility index (Phi) is 9.75. The van der Waals surface area contributed by atoms with Crippen LogP contribution in [0.2, 0.25) is 0 Å². The molecule has 2 aromatic carbocycles. The molecule has 0 radical (unpaired) electrons. The molecule has 304 valence electrons. The Morgan fingerprint density at radius 2 is 1.82 bits per heavy atom. The van der Waals surface area contributed by atoms with Crippen LogP contribution in [0.15, 0.2) is 24.3 Å². The number of fused-ring (bicyclic) bond motifs is 6. The normalized spacial score (nSPS) is 22.6. The first kappa shape index (κ1) is 37.9. The van der Waals surface area contributed by atoms with Gasteiger partial charge in [0.1, 0.15) is 46.2 Å². The molecule has 3 saturated heterocycles. The second kappa shape index (κ2) is 14.7. The Hall–Kier alpha value is -4.60. The molecule has 2 aromatic heterocycles. The quantitative estimate of drug-likeness (QED) is 0.163. The molecule has 5 aliphatic rings. The highest BCUT2D eigenvalue weighted by molar-refractivity contribution is 6.03. The zero-order valence-corrected chi connectivity index (χ0v) is 33.2. The summed E-state index contributed by atoms with van der Waals surface area (Å²) in [6, 6.07) is 5.81. The van der Waals surface area contributed by atoms with Gasteiger partial charge in [-0.15, -0.1) is 0 Å². The van der Waals surface area contributed by atoms with Gasteiger partial charge in [0.2, 0.25) is 5.88 Å². The van der Waals surface area contributed by atoms with Gasteiger partial charge in [0.15, 0.2) is 12.6 Å². The van der Waals surface area contributed by atoms with Gasteiger partial charge in [-0.25, -0.2) is 18.6 Å². The van der Waals surface area contributed by atoms with Crippen LogP contribution in [0.25, 0.3) is 32.9 Å². The number of carbonyl (C=O) groups is 1. The van der Waals surface area contributed by atoms with Crippen molar-refractivity contribution in [1.82, 2.24) is 24.8 Å². The van der Waals surface area contributed by atoms with Crippen molar-refractivity contribution >= 4 is 33.6 Å². The molecule has 3 atom stereocenters. The van der Waals surface area contributed by atoms with Gasteiger partial charge in [0, 0.05) is 44.3 Å². The summed E-state index contributed by atoms with van der Waals surface area (Å²) in [7, 11) is 1.51. The number of nitrogens with zero attached hydrogens (tertiary/aromatic N) is 6. The molecule has 1 amide bonds. The molecule has 1 aliphatic carbocycles. The van der Waals surface area contributed by atoms with E-state index in [0.717, 1.165) is 45.3 Å². The fourth-order valence-electron chi connectivity index (χ4n) is 9.11. The topological polar surface area (TPSA) is 121 Å². The van der Waals surface area contributed by atoms with Gasteiger partial charge in [-0.3, -0.25) is 9.80 Å². The number of morpholine rings is 1. The van der Waals surface area contributed by atoms with Gasteiger partial charge in [0.05, 0.1) is 37.9 Å². The number of anilines is 1. The molecule has 13 nitrogen and oxygen atoms in total. The van der Waals surface area contributed by atoms with Crippen LogP contribution >= 0.6 is 0 Å². The minimum absolute atomic E-state index is 0.0126. The fourth-order valence-corrected chi connectivity index (χ4v) is 9.11. The minimum Gasteiger partial charge on any atom is -0.475 e. The molecule has 0 N–H and O–H groups in total. The van der Waals surface area contributed by atoms with Crippen molar-refractivity contribution in [2.24, 2.45) is 5.41 Å². The van der Waals surface area contributed by atoms with Crippen molar-refractivity contribution in [3.8, 4) is 28.9 Å². The van der Waals surface area contributed by atoms with E-state index in [-0.39, 0.29) is 66.1 Å². The van der Waals surface area contributed by atoms with E-state index in [0.29, 0.717) is 71.6 Å². The molecular weight excluding hydrogens is 738 g/mol. The Morgan fingerprint density at radius 1 is 1.02 bits per heavy atom. The lowest BCUT2D eigenvalue weighted by Gasteiger charge is -2.46. The number of piperazine rings is 1. The van der Waals surface area contributed by atoms with Crippen LogP contribution in [0.4, 0.5) is 19.4 Å². The summed E-state index contributed by atoms with van der Waals surface area (Å²) in [4.78, 5) is 34.7. The lowest BCUT2D eigenvalue weighted by molar-refractivity contribution is 0.00537. The van der Waals surface area contributed by atoms with Crippen molar-refractivity contribution in [1.29, 1.82) is 0 Å². The number of amides is 1. The van der Waals surface area contributed by atoms with E-state index < -0.39 is 17.2 Å². The SMILES string of the molecule is CCc1c(F)ccc2cc(OCOC)cc(-c3nc4c5c(nc(OCC6(CN7CCOCC7)CC6)nc5c3F)N3C[C@H]5CC[C@@H]([C@H]3CO4)N5C(=O)OC(C)(C)C)c12. The molecule has 2 bridgehead atoms. The second-order valence-electron chi connectivity index (χ2n) is 17.0. The number of rotatable bonds is 10. The van der Waals surface area contributed by atoms with Crippen LogP contribution in [0.3, 0.4) is 0 Å². The van der Waals surface area contributed by atoms with E-state index >= 15 is 8.78 Å². The summed E-state index contributed by atoms with van der Waals surface area (Å²) in [5.41, 5.74) is -0.0408. The first-order valence-electron chi connectivity index (χ1n) is 20.1. The molecule has 0 spiro atoms. The number of carbonyl (C=O) groups excluding carboxylic acids is 1. The maximum absolute atomic E-state index is 17.6. The summed E-state index contributed by atoms with van der Waals surface area (Å²) in [5, 5.41) is 1.49. The molecule has 0 unspecified atom stereocenters. The number of hydrogen-bond donors (Lipinski definition) is 0. The van der Waals surface area contributed by atoms with Crippen molar-refractivity contribution < 1.29 is 42.0 Å². The van der Waals surface area contributed by atoms with Gasteiger partial charge in [-0.1, -0.05) is 13.0 Å². The van der Waals surface area contributed by atoms with Gasteiger partial charge < -0.3 is 33.3 Å². The Morgan fingerprint density at radius 3 is 2.56 bits per heavy atom. The molecule has 4 aliphatic heterocycles. The molecule has 57 heavy (non-hydrogen) atoms. The monoisotopic (exact) mass is 788 g/mol. The summed E-state index contributed by atoms with van der Waals surface area (Å²) >= 11 is 0. The van der Waals surface area contributed by atoms with Crippen LogP contribution < -0.4 is 19.1 Å². The standard InChI is InChI=1S/C42H50F2N6O7/c1-6-27-29(43)9-7-24-17-26(56-23-52-5)18-28(32(24)27)35-34(44)36-33-37(47-39(46-36)55-22-42(11-12-42)21-48-13-15-53-16-14-48)49-19-25-8-10-30(31(49)20-54-38(33)45-35)50(25)40(51)57-41(2,3)4/h7,9,17-18,25,30-31H,6,8,10-16,19-23H2,1-5H3/t25-,30+,31-/m1/s1. The first-order chi connectivity index (χ1) is 27.5. The molecule has 15 heteroatoms. The number of benzene rings is 2. The Bertz CT molecular complexity index is 2210. The van der Waals surface area contributed by atoms with Crippen LogP contribution in [0.5, 0.6) is 17.6 Å². The molecular formula is C42H50F2N6O7. The zero-order chi connectivity index (χ0) is 39.6. The maximum Gasteiger partial charge on any atom is 0.410 e. The predicted octanol–water partition coefficient (Wildman–Crippen LogP) is 6.51. The average molecular weight is 789 g/mol. The second-order valence-corrected chi connectivity index (χ2v) is 17.0. The Balaban J connectivity index is 1.18. The summed E-state index contributed by atoms with van der Waals surface area (Å²) in [6.07, 6.45) is 3.53. The number of hydrogen-bond acceptors (Lipinski definition) is 12. The van der Waals surface area contributed by atoms with Gasteiger partial charge in [-0.2, -0.15) is 9.97 Å². The van der Waals surface area contributed by atoms with Gasteiger partial charge in [0.25, 0.3) is 0 Å². The molecule has 9 rings (SSSR count). The van der Waals surface area contributed by atoms with E-state index in [1.165, 1.54) is 13.2 Å². The smallest absolute Gasteiger partial charge is 0.410 e. The summed E-state index contributed by atoms with van der Waals surface area (Å²) < 4.78 is 68.6. The Labute approximate surface area is 330 Å². The minimum atomic E-state index is -0.717. The summed E-state index contributed by atoms with van der Waals surface area (Å²) in [6.45, 7) is 12.4. The van der Waals surface area contributed by atoms with Crippen molar-refractivity contribution in [3.63, 3.8) is 0 Å². The van der Waals surface area contributed by atoms with Crippen LogP contribution in [0, 0.1) is 17.0 Å². The fraction of sp³-hybridized carbons (Fsp3) is 0.571. The van der Waals surface area contributed by atoms with Gasteiger partial charge in [-0.05, 0) is 87.4 Å².